The molecule has 1 aromatic carbocycles. The molecule has 1 aliphatic rings. The van der Waals surface area contributed by atoms with E-state index >= 15 is 0 Å². The van der Waals surface area contributed by atoms with Gasteiger partial charge in [-0.2, -0.15) is 0 Å². The standard InChI is InChI=1S/C15H19NO3/c1-11(2)19-14-8-12(10-17)7-13(9-14)15(18)16-5-3-4-6-16/h7-11H,3-6H2,1-2H3. The van der Waals surface area contributed by atoms with Crippen molar-refractivity contribution >= 4 is 12.2 Å². The number of hydrogen-bond acceptors (Lipinski definition) is 3. The number of hydrogen-bond donors (Lipinski definition) is 0. The van der Waals surface area contributed by atoms with Crippen molar-refractivity contribution in [2.75, 3.05) is 13.1 Å². The van der Waals surface area contributed by atoms with E-state index in [1.54, 1.807) is 18.2 Å². The van der Waals surface area contributed by atoms with E-state index in [-0.39, 0.29) is 12.0 Å². The molecule has 1 amide bonds. The summed E-state index contributed by atoms with van der Waals surface area (Å²) in [6, 6.07) is 5.00. The molecule has 4 heteroatoms. The van der Waals surface area contributed by atoms with Gasteiger partial charge in [-0.1, -0.05) is 0 Å². The molecule has 0 atom stereocenters. The molecule has 1 heterocycles. The highest BCUT2D eigenvalue weighted by atomic mass is 16.5. The first-order valence-corrected chi connectivity index (χ1v) is 6.66. The van der Waals surface area contributed by atoms with Crippen LogP contribution in [0.15, 0.2) is 18.2 Å². The van der Waals surface area contributed by atoms with Crippen molar-refractivity contribution in [1.29, 1.82) is 0 Å². The highest BCUT2D eigenvalue weighted by Crippen LogP contribution is 2.20. The first-order chi connectivity index (χ1) is 9.10. The number of carbonyl (C=O) groups excluding carboxylic acids is 2. The van der Waals surface area contributed by atoms with Crippen molar-refractivity contribution in [3.8, 4) is 5.75 Å². The number of aldehydes is 1. The maximum atomic E-state index is 12.3. The average molecular weight is 261 g/mol. The molecule has 4 nitrogen and oxygen atoms in total. The van der Waals surface area contributed by atoms with Crippen LogP contribution >= 0.6 is 0 Å². The summed E-state index contributed by atoms with van der Waals surface area (Å²) < 4.78 is 5.58. The van der Waals surface area contributed by atoms with E-state index in [4.69, 9.17) is 4.74 Å². The summed E-state index contributed by atoms with van der Waals surface area (Å²) in [5.41, 5.74) is 1.00. The predicted molar refractivity (Wildman–Crippen MR) is 72.7 cm³/mol. The Hall–Kier alpha value is -1.84. The molecule has 1 aliphatic heterocycles. The Balaban J connectivity index is 2.27. The summed E-state index contributed by atoms with van der Waals surface area (Å²) in [7, 11) is 0. The Morgan fingerprint density at radius 1 is 1.26 bits per heavy atom. The molecule has 19 heavy (non-hydrogen) atoms. The van der Waals surface area contributed by atoms with Gasteiger partial charge in [0.15, 0.2) is 0 Å². The lowest BCUT2D eigenvalue weighted by Gasteiger charge is -2.17. The summed E-state index contributed by atoms with van der Waals surface area (Å²) in [4.78, 5) is 25.1. The van der Waals surface area contributed by atoms with Crippen LogP contribution in [0.25, 0.3) is 0 Å². The molecular weight excluding hydrogens is 242 g/mol. The Bertz CT molecular complexity index is 476. The fourth-order valence-electron chi connectivity index (χ4n) is 2.26. The van der Waals surface area contributed by atoms with Crippen LogP contribution in [0.5, 0.6) is 5.75 Å². The lowest BCUT2D eigenvalue weighted by atomic mass is 10.1. The van der Waals surface area contributed by atoms with E-state index in [1.807, 2.05) is 18.7 Å². The first-order valence-electron chi connectivity index (χ1n) is 6.66. The van der Waals surface area contributed by atoms with Gasteiger partial charge in [-0.05, 0) is 44.9 Å². The Kier molecular flexibility index (Phi) is 4.20. The van der Waals surface area contributed by atoms with Gasteiger partial charge in [0, 0.05) is 24.2 Å². The minimum atomic E-state index is -0.0187. The van der Waals surface area contributed by atoms with Crippen LogP contribution < -0.4 is 4.74 Å². The van der Waals surface area contributed by atoms with Crippen molar-refractivity contribution in [3.63, 3.8) is 0 Å². The Labute approximate surface area is 113 Å². The zero-order chi connectivity index (χ0) is 13.8. The van der Waals surface area contributed by atoms with Gasteiger partial charge in [0.25, 0.3) is 5.91 Å². The zero-order valence-corrected chi connectivity index (χ0v) is 11.4. The van der Waals surface area contributed by atoms with E-state index in [0.29, 0.717) is 16.9 Å². The van der Waals surface area contributed by atoms with Gasteiger partial charge in [0.2, 0.25) is 0 Å². The summed E-state index contributed by atoms with van der Waals surface area (Å²) in [5.74, 6) is 0.553. The van der Waals surface area contributed by atoms with E-state index in [9.17, 15) is 9.59 Å². The van der Waals surface area contributed by atoms with E-state index < -0.39 is 0 Å². The van der Waals surface area contributed by atoms with Crippen LogP contribution in [-0.2, 0) is 0 Å². The molecule has 102 valence electrons. The molecule has 0 N–H and O–H groups in total. The molecule has 0 saturated carbocycles. The molecule has 0 radical (unpaired) electrons. The van der Waals surface area contributed by atoms with E-state index in [1.165, 1.54) is 0 Å². The molecule has 0 aliphatic carbocycles. The minimum Gasteiger partial charge on any atom is -0.491 e. The van der Waals surface area contributed by atoms with Crippen LogP contribution in [0.2, 0.25) is 0 Å². The average Bonchev–Trinajstić information content (AvgIpc) is 2.90. The van der Waals surface area contributed by atoms with Gasteiger partial charge in [-0.3, -0.25) is 9.59 Å². The zero-order valence-electron chi connectivity index (χ0n) is 11.4. The van der Waals surface area contributed by atoms with Crippen LogP contribution in [-0.4, -0.2) is 36.3 Å². The number of nitrogens with zero attached hydrogens (tertiary/aromatic N) is 1. The van der Waals surface area contributed by atoms with Crippen LogP contribution in [0.1, 0.15) is 47.4 Å². The van der Waals surface area contributed by atoms with Crippen molar-refractivity contribution in [2.24, 2.45) is 0 Å². The third-order valence-corrected chi connectivity index (χ3v) is 3.08. The van der Waals surface area contributed by atoms with Gasteiger partial charge in [-0.25, -0.2) is 0 Å². The molecule has 1 saturated heterocycles. The van der Waals surface area contributed by atoms with Gasteiger partial charge in [0.1, 0.15) is 12.0 Å². The molecule has 0 unspecified atom stereocenters. The number of benzene rings is 1. The van der Waals surface area contributed by atoms with Gasteiger partial charge < -0.3 is 9.64 Å². The third-order valence-electron chi connectivity index (χ3n) is 3.08. The lowest BCUT2D eigenvalue weighted by Crippen LogP contribution is -2.27. The minimum absolute atomic E-state index is 0.0108. The van der Waals surface area contributed by atoms with E-state index in [2.05, 4.69) is 0 Å². The van der Waals surface area contributed by atoms with Crippen LogP contribution in [0, 0.1) is 0 Å². The number of amides is 1. The molecular formula is C15H19NO3. The van der Waals surface area contributed by atoms with Gasteiger partial charge >= 0.3 is 0 Å². The molecule has 1 aromatic rings. The summed E-state index contributed by atoms with van der Waals surface area (Å²) >= 11 is 0. The lowest BCUT2D eigenvalue weighted by molar-refractivity contribution is 0.0792. The second-order valence-electron chi connectivity index (χ2n) is 5.07. The highest BCUT2D eigenvalue weighted by Gasteiger charge is 2.20. The van der Waals surface area contributed by atoms with Crippen LogP contribution in [0.4, 0.5) is 0 Å². The second kappa shape index (κ2) is 5.87. The number of rotatable bonds is 4. The predicted octanol–water partition coefficient (Wildman–Crippen LogP) is 2.52. The van der Waals surface area contributed by atoms with Crippen molar-refractivity contribution in [1.82, 2.24) is 4.90 Å². The maximum Gasteiger partial charge on any atom is 0.254 e. The highest BCUT2D eigenvalue weighted by molar-refractivity contribution is 5.96. The Morgan fingerprint density at radius 3 is 2.53 bits per heavy atom. The summed E-state index contributed by atoms with van der Waals surface area (Å²) in [6.45, 7) is 5.42. The maximum absolute atomic E-state index is 12.3. The van der Waals surface area contributed by atoms with Crippen molar-refractivity contribution in [2.45, 2.75) is 32.8 Å². The summed E-state index contributed by atoms with van der Waals surface area (Å²) in [6.07, 6.45) is 2.85. The fraction of sp³-hybridized carbons (Fsp3) is 0.467. The molecule has 0 spiro atoms. The normalized spacial score (nSPS) is 14.8. The number of ether oxygens (including phenoxy) is 1. The second-order valence-corrected chi connectivity index (χ2v) is 5.07. The topological polar surface area (TPSA) is 46.6 Å². The van der Waals surface area contributed by atoms with Crippen molar-refractivity contribution in [3.05, 3.63) is 29.3 Å². The number of carbonyl (C=O) groups is 2. The Morgan fingerprint density at radius 2 is 1.95 bits per heavy atom. The monoisotopic (exact) mass is 261 g/mol. The summed E-state index contributed by atoms with van der Waals surface area (Å²) in [5, 5.41) is 0. The van der Waals surface area contributed by atoms with Gasteiger partial charge in [-0.15, -0.1) is 0 Å². The molecule has 0 bridgehead atoms. The van der Waals surface area contributed by atoms with Gasteiger partial charge in [0.05, 0.1) is 6.10 Å². The molecule has 0 aromatic heterocycles. The fourth-order valence-corrected chi connectivity index (χ4v) is 2.26. The first kappa shape index (κ1) is 13.6. The number of likely N-dealkylation sites (tertiary alicyclic amines) is 1. The largest absolute Gasteiger partial charge is 0.491 e. The van der Waals surface area contributed by atoms with Crippen molar-refractivity contribution < 1.29 is 14.3 Å². The van der Waals surface area contributed by atoms with Crippen LogP contribution in [0.3, 0.4) is 0 Å². The van der Waals surface area contributed by atoms with E-state index in [0.717, 1.165) is 32.2 Å². The quantitative estimate of drug-likeness (QED) is 0.782. The molecule has 2 rings (SSSR count). The SMILES string of the molecule is CC(C)Oc1cc(C=O)cc(C(=O)N2CCCC2)c1. The third kappa shape index (κ3) is 3.34. The molecule has 1 fully saturated rings. The smallest absolute Gasteiger partial charge is 0.254 e.